The standard InChI is InChI=1S/C23H21ClN2O5/c1-2-31-16-9-6-14(7-10-16)17-13-22(28)25(19-4-3-5-21(27)23(17)19)20-12-15(24)8-11-18(20)26(29)30/h6-12,17H,2-5,13H2,1H3. The highest BCUT2D eigenvalue weighted by Crippen LogP contribution is 2.45. The van der Waals surface area contributed by atoms with E-state index in [1.807, 2.05) is 31.2 Å². The van der Waals surface area contributed by atoms with Gasteiger partial charge in [0.25, 0.3) is 5.69 Å². The highest BCUT2D eigenvalue weighted by molar-refractivity contribution is 6.31. The third-order valence-electron chi connectivity index (χ3n) is 5.64. The monoisotopic (exact) mass is 440 g/mol. The zero-order chi connectivity index (χ0) is 22.1. The van der Waals surface area contributed by atoms with Crippen LogP contribution in [0.5, 0.6) is 5.75 Å². The number of rotatable bonds is 5. The summed E-state index contributed by atoms with van der Waals surface area (Å²) in [5.74, 6) is 0.00854. The van der Waals surface area contributed by atoms with Crippen molar-refractivity contribution in [2.45, 2.75) is 38.5 Å². The van der Waals surface area contributed by atoms with Gasteiger partial charge in [0.15, 0.2) is 5.78 Å². The molecule has 0 saturated heterocycles. The highest BCUT2D eigenvalue weighted by Gasteiger charge is 2.41. The van der Waals surface area contributed by atoms with Crippen molar-refractivity contribution in [2.24, 2.45) is 0 Å². The number of amides is 1. The van der Waals surface area contributed by atoms with Gasteiger partial charge in [-0.1, -0.05) is 23.7 Å². The van der Waals surface area contributed by atoms with E-state index < -0.39 is 4.92 Å². The second-order valence-electron chi connectivity index (χ2n) is 7.52. The van der Waals surface area contributed by atoms with Crippen molar-refractivity contribution >= 4 is 34.7 Å². The molecule has 1 unspecified atom stereocenters. The van der Waals surface area contributed by atoms with Crippen molar-refractivity contribution in [1.82, 2.24) is 0 Å². The van der Waals surface area contributed by atoms with E-state index in [2.05, 4.69) is 0 Å². The van der Waals surface area contributed by atoms with E-state index in [1.165, 1.54) is 23.1 Å². The van der Waals surface area contributed by atoms with Crippen LogP contribution in [-0.4, -0.2) is 23.2 Å². The Morgan fingerprint density at radius 2 is 1.90 bits per heavy atom. The molecular formula is C23H21ClN2O5. The maximum Gasteiger partial charge on any atom is 0.293 e. The summed E-state index contributed by atoms with van der Waals surface area (Å²) >= 11 is 6.10. The van der Waals surface area contributed by atoms with Crippen LogP contribution in [0.25, 0.3) is 0 Å². The molecule has 0 fully saturated rings. The third-order valence-corrected chi connectivity index (χ3v) is 5.88. The molecule has 31 heavy (non-hydrogen) atoms. The van der Waals surface area contributed by atoms with Crippen LogP contribution in [0, 0.1) is 10.1 Å². The maximum atomic E-state index is 13.3. The van der Waals surface area contributed by atoms with E-state index in [4.69, 9.17) is 16.3 Å². The van der Waals surface area contributed by atoms with Crippen LogP contribution in [0.1, 0.15) is 44.1 Å². The van der Waals surface area contributed by atoms with Crippen molar-refractivity contribution < 1.29 is 19.2 Å². The fourth-order valence-electron chi connectivity index (χ4n) is 4.35. The van der Waals surface area contributed by atoms with Crippen LogP contribution in [0.3, 0.4) is 0 Å². The number of nitrogens with zero attached hydrogens (tertiary/aromatic N) is 2. The van der Waals surface area contributed by atoms with Crippen LogP contribution < -0.4 is 9.64 Å². The second kappa shape index (κ2) is 8.51. The van der Waals surface area contributed by atoms with Crippen LogP contribution >= 0.6 is 11.6 Å². The summed E-state index contributed by atoms with van der Waals surface area (Å²) in [4.78, 5) is 38.7. The van der Waals surface area contributed by atoms with Crippen molar-refractivity contribution in [1.29, 1.82) is 0 Å². The molecule has 8 heteroatoms. The Labute approximate surface area is 184 Å². The first-order valence-corrected chi connectivity index (χ1v) is 10.5. The Morgan fingerprint density at radius 1 is 1.16 bits per heavy atom. The zero-order valence-electron chi connectivity index (χ0n) is 17.0. The molecule has 0 spiro atoms. The Hall–Kier alpha value is -3.19. The lowest BCUT2D eigenvalue weighted by molar-refractivity contribution is -0.384. The fourth-order valence-corrected chi connectivity index (χ4v) is 4.52. The summed E-state index contributed by atoms with van der Waals surface area (Å²) < 4.78 is 5.49. The number of nitro groups is 1. The first kappa shape index (κ1) is 21.1. The number of anilines is 1. The van der Waals surface area contributed by atoms with Gasteiger partial charge in [0, 0.05) is 41.1 Å². The average Bonchev–Trinajstić information content (AvgIpc) is 2.74. The molecule has 2 aromatic rings. The third kappa shape index (κ3) is 3.93. The van der Waals surface area contributed by atoms with E-state index in [9.17, 15) is 19.7 Å². The van der Waals surface area contributed by atoms with Crippen molar-refractivity contribution in [2.75, 3.05) is 11.5 Å². The molecule has 0 radical (unpaired) electrons. The van der Waals surface area contributed by atoms with Gasteiger partial charge in [-0.2, -0.15) is 0 Å². The molecule has 1 aliphatic heterocycles. The number of halogens is 1. The quantitative estimate of drug-likeness (QED) is 0.472. The van der Waals surface area contributed by atoms with Gasteiger partial charge in [-0.15, -0.1) is 0 Å². The van der Waals surface area contributed by atoms with Gasteiger partial charge in [0.05, 0.1) is 11.5 Å². The fraction of sp³-hybridized carbons (Fsp3) is 0.304. The molecule has 160 valence electrons. The Balaban J connectivity index is 1.84. The van der Waals surface area contributed by atoms with Crippen LogP contribution in [-0.2, 0) is 9.59 Å². The van der Waals surface area contributed by atoms with E-state index >= 15 is 0 Å². The summed E-state index contributed by atoms with van der Waals surface area (Å²) in [6, 6.07) is 11.5. The number of ketones is 1. The summed E-state index contributed by atoms with van der Waals surface area (Å²) in [6.07, 6.45) is 1.52. The van der Waals surface area contributed by atoms with Gasteiger partial charge in [-0.3, -0.25) is 24.6 Å². The maximum absolute atomic E-state index is 13.3. The topological polar surface area (TPSA) is 89.8 Å². The Kier molecular flexibility index (Phi) is 5.78. The summed E-state index contributed by atoms with van der Waals surface area (Å²) in [5.41, 5.74) is 1.83. The summed E-state index contributed by atoms with van der Waals surface area (Å²) in [6.45, 7) is 2.44. The van der Waals surface area contributed by atoms with Crippen molar-refractivity contribution in [3.63, 3.8) is 0 Å². The van der Waals surface area contributed by atoms with Gasteiger partial charge >= 0.3 is 0 Å². The molecule has 1 atom stereocenters. The van der Waals surface area contributed by atoms with E-state index in [-0.39, 0.29) is 40.4 Å². The number of nitro benzene ring substituents is 1. The second-order valence-corrected chi connectivity index (χ2v) is 7.95. The number of allylic oxidation sites excluding steroid dienone is 2. The minimum Gasteiger partial charge on any atom is -0.494 e. The number of benzene rings is 2. The lowest BCUT2D eigenvalue weighted by Gasteiger charge is -2.38. The number of carbonyl (C=O) groups is 2. The van der Waals surface area contributed by atoms with Crippen LogP contribution in [0.2, 0.25) is 5.02 Å². The highest BCUT2D eigenvalue weighted by atomic mass is 35.5. The first-order chi connectivity index (χ1) is 14.9. The van der Waals surface area contributed by atoms with Crippen molar-refractivity contribution in [3.8, 4) is 5.75 Å². The minimum absolute atomic E-state index is 0.0256. The molecule has 2 aromatic carbocycles. The van der Waals surface area contributed by atoms with Gasteiger partial charge < -0.3 is 4.74 Å². The molecular weight excluding hydrogens is 420 g/mol. The lowest BCUT2D eigenvalue weighted by atomic mass is 9.77. The largest absolute Gasteiger partial charge is 0.494 e. The molecule has 0 N–H and O–H groups in total. The number of Topliss-reactive ketones (excluding diaryl/α,β-unsaturated/α-hetero) is 1. The molecule has 1 amide bonds. The number of hydrogen-bond donors (Lipinski definition) is 0. The molecule has 1 aliphatic carbocycles. The first-order valence-electron chi connectivity index (χ1n) is 10.2. The van der Waals surface area contributed by atoms with E-state index in [1.54, 1.807) is 0 Å². The predicted molar refractivity (Wildman–Crippen MR) is 116 cm³/mol. The summed E-state index contributed by atoms with van der Waals surface area (Å²) in [7, 11) is 0. The molecule has 1 heterocycles. The lowest BCUT2D eigenvalue weighted by Crippen LogP contribution is -2.40. The van der Waals surface area contributed by atoms with Gasteiger partial charge in [-0.05, 0) is 49.6 Å². The predicted octanol–water partition coefficient (Wildman–Crippen LogP) is 5.17. The van der Waals surface area contributed by atoms with Gasteiger partial charge in [0.1, 0.15) is 11.4 Å². The SMILES string of the molecule is CCOc1ccc(C2CC(=O)N(c3cc(Cl)ccc3[N+](=O)[O-])C3=C2C(=O)CCC3)cc1. The molecule has 0 saturated carbocycles. The van der Waals surface area contributed by atoms with E-state index in [0.717, 1.165) is 5.56 Å². The molecule has 0 bridgehead atoms. The average molecular weight is 441 g/mol. The van der Waals surface area contributed by atoms with Crippen molar-refractivity contribution in [3.05, 3.63) is 74.4 Å². The number of ether oxygens (including phenoxy) is 1. The molecule has 2 aliphatic rings. The van der Waals surface area contributed by atoms with E-state index in [0.29, 0.717) is 42.9 Å². The normalized spacial score (nSPS) is 18.8. The molecule has 7 nitrogen and oxygen atoms in total. The number of carbonyl (C=O) groups excluding carboxylic acids is 2. The van der Waals surface area contributed by atoms with Crippen LogP contribution in [0.15, 0.2) is 53.7 Å². The zero-order valence-corrected chi connectivity index (χ0v) is 17.7. The Bertz CT molecular complexity index is 1090. The molecule has 0 aromatic heterocycles. The van der Waals surface area contributed by atoms with Gasteiger partial charge in [-0.25, -0.2) is 0 Å². The van der Waals surface area contributed by atoms with Gasteiger partial charge in [0.2, 0.25) is 5.91 Å². The Morgan fingerprint density at radius 3 is 2.58 bits per heavy atom. The minimum atomic E-state index is -0.539. The molecule has 4 rings (SSSR count). The smallest absolute Gasteiger partial charge is 0.293 e. The number of hydrogen-bond acceptors (Lipinski definition) is 5. The van der Waals surface area contributed by atoms with Crippen LogP contribution in [0.4, 0.5) is 11.4 Å². The summed E-state index contributed by atoms with van der Waals surface area (Å²) in [5, 5.41) is 11.9.